The maximum Gasteiger partial charge on any atom is 0.228 e. The van der Waals surface area contributed by atoms with Gasteiger partial charge in [-0.15, -0.1) is 0 Å². The van der Waals surface area contributed by atoms with Crippen LogP contribution in [0.3, 0.4) is 0 Å². The molecule has 18 heavy (non-hydrogen) atoms. The van der Waals surface area contributed by atoms with E-state index in [2.05, 4.69) is 0 Å². The van der Waals surface area contributed by atoms with E-state index in [-0.39, 0.29) is 16.8 Å². The maximum absolute atomic E-state index is 12.2. The highest BCUT2D eigenvalue weighted by atomic mass is 35.5. The Morgan fingerprint density at radius 1 is 1.22 bits per heavy atom. The topological polar surface area (TPSA) is 39.4 Å². The van der Waals surface area contributed by atoms with Gasteiger partial charge in [-0.05, 0) is 60.8 Å². The molecule has 0 saturated heterocycles. The van der Waals surface area contributed by atoms with Crippen LogP contribution in [0.2, 0.25) is 5.22 Å². The van der Waals surface area contributed by atoms with E-state index >= 15 is 0 Å². The van der Waals surface area contributed by atoms with Crippen molar-refractivity contribution >= 4 is 17.4 Å². The number of ketones is 1. The molecule has 0 unspecified atom stereocenters. The highest BCUT2D eigenvalue weighted by molar-refractivity contribution is 6.29. The highest BCUT2D eigenvalue weighted by Gasteiger charge is 2.17. The molecule has 0 N–H and O–H groups in total. The van der Waals surface area contributed by atoms with Crippen LogP contribution in [0.5, 0.6) is 5.75 Å². The monoisotopic (exact) mass is 264 g/mol. The molecule has 1 heterocycles. The lowest BCUT2D eigenvalue weighted by Gasteiger charge is -2.09. The Morgan fingerprint density at radius 2 is 1.94 bits per heavy atom. The average molecular weight is 265 g/mol. The Bertz CT molecular complexity index is 599. The molecule has 3 nitrogen and oxygen atoms in total. The Labute approximate surface area is 110 Å². The van der Waals surface area contributed by atoms with Gasteiger partial charge in [-0.3, -0.25) is 4.79 Å². The summed E-state index contributed by atoms with van der Waals surface area (Å²) in [6.45, 7) is 3.75. The van der Waals surface area contributed by atoms with Gasteiger partial charge >= 0.3 is 0 Å². The van der Waals surface area contributed by atoms with Crippen LogP contribution < -0.4 is 4.74 Å². The molecule has 0 atom stereocenters. The second kappa shape index (κ2) is 4.86. The van der Waals surface area contributed by atoms with E-state index < -0.39 is 0 Å². The number of carbonyl (C=O) groups excluding carboxylic acids is 1. The van der Waals surface area contributed by atoms with E-state index in [9.17, 15) is 4.79 Å². The first-order valence-corrected chi connectivity index (χ1v) is 5.86. The predicted octanol–water partition coefficient (Wildman–Crippen LogP) is 3.79. The molecular weight excluding hydrogens is 252 g/mol. The SMILES string of the molecule is COc1cc(C)c(C(=O)c2ccc(Cl)o2)cc1C. The summed E-state index contributed by atoms with van der Waals surface area (Å²) < 4.78 is 10.4. The van der Waals surface area contributed by atoms with E-state index in [0.29, 0.717) is 5.56 Å². The van der Waals surface area contributed by atoms with E-state index in [0.717, 1.165) is 16.9 Å². The smallest absolute Gasteiger partial charge is 0.228 e. The van der Waals surface area contributed by atoms with Crippen molar-refractivity contribution in [1.29, 1.82) is 0 Å². The van der Waals surface area contributed by atoms with Gasteiger partial charge in [0, 0.05) is 5.56 Å². The van der Waals surface area contributed by atoms with Crippen molar-refractivity contribution in [3.05, 3.63) is 51.9 Å². The summed E-state index contributed by atoms with van der Waals surface area (Å²) in [6, 6.07) is 6.77. The van der Waals surface area contributed by atoms with Gasteiger partial charge in [0.1, 0.15) is 5.75 Å². The van der Waals surface area contributed by atoms with Crippen molar-refractivity contribution < 1.29 is 13.9 Å². The van der Waals surface area contributed by atoms with Gasteiger partial charge in [-0.2, -0.15) is 0 Å². The van der Waals surface area contributed by atoms with Gasteiger partial charge in [-0.1, -0.05) is 0 Å². The lowest BCUT2D eigenvalue weighted by molar-refractivity contribution is 0.101. The Morgan fingerprint density at radius 3 is 2.50 bits per heavy atom. The third kappa shape index (κ3) is 2.27. The Hall–Kier alpha value is -1.74. The number of halogens is 1. The third-order valence-corrected chi connectivity index (χ3v) is 2.99. The number of benzene rings is 1. The van der Waals surface area contributed by atoms with Crippen LogP contribution in [0.1, 0.15) is 27.2 Å². The number of carbonyl (C=O) groups is 1. The Kier molecular flexibility index (Phi) is 3.43. The van der Waals surface area contributed by atoms with Crippen LogP contribution in [0.25, 0.3) is 0 Å². The molecule has 0 bridgehead atoms. The van der Waals surface area contributed by atoms with Crippen molar-refractivity contribution in [3.8, 4) is 5.75 Å². The minimum Gasteiger partial charge on any atom is -0.496 e. The first-order valence-electron chi connectivity index (χ1n) is 5.48. The lowest BCUT2D eigenvalue weighted by atomic mass is 10.00. The quantitative estimate of drug-likeness (QED) is 0.792. The number of aryl methyl sites for hydroxylation is 2. The van der Waals surface area contributed by atoms with Crippen LogP contribution in [0.4, 0.5) is 0 Å². The Balaban J connectivity index is 2.45. The average Bonchev–Trinajstić information content (AvgIpc) is 2.77. The zero-order valence-electron chi connectivity index (χ0n) is 10.4. The summed E-state index contributed by atoms with van der Waals surface area (Å²) in [4.78, 5) is 12.2. The molecule has 0 aliphatic carbocycles. The van der Waals surface area contributed by atoms with E-state index in [1.165, 1.54) is 0 Å². The minimum atomic E-state index is -0.176. The standard InChI is InChI=1S/C14H13ClO3/c1-8-7-12(17-3)9(2)6-10(8)14(16)11-4-5-13(15)18-11/h4-7H,1-3H3. The molecule has 2 aromatic rings. The molecular formula is C14H13ClO3. The fraction of sp³-hybridized carbons (Fsp3) is 0.214. The zero-order chi connectivity index (χ0) is 13.3. The fourth-order valence-electron chi connectivity index (χ4n) is 1.82. The first kappa shape index (κ1) is 12.7. The highest BCUT2D eigenvalue weighted by Crippen LogP contribution is 2.25. The van der Waals surface area contributed by atoms with E-state index in [1.54, 1.807) is 25.3 Å². The van der Waals surface area contributed by atoms with E-state index in [4.69, 9.17) is 20.8 Å². The van der Waals surface area contributed by atoms with Gasteiger partial charge in [0.15, 0.2) is 11.0 Å². The molecule has 4 heteroatoms. The summed E-state index contributed by atoms with van der Waals surface area (Å²) in [6.07, 6.45) is 0. The van der Waals surface area contributed by atoms with Crippen molar-refractivity contribution in [2.24, 2.45) is 0 Å². The molecule has 0 aliphatic heterocycles. The minimum absolute atomic E-state index is 0.176. The molecule has 0 spiro atoms. The molecule has 0 amide bonds. The van der Waals surface area contributed by atoms with Crippen LogP contribution in [0.15, 0.2) is 28.7 Å². The van der Waals surface area contributed by atoms with Crippen LogP contribution in [-0.4, -0.2) is 12.9 Å². The predicted molar refractivity (Wildman–Crippen MR) is 69.6 cm³/mol. The van der Waals surface area contributed by atoms with Crippen molar-refractivity contribution in [2.75, 3.05) is 7.11 Å². The van der Waals surface area contributed by atoms with E-state index in [1.807, 2.05) is 19.9 Å². The number of rotatable bonds is 3. The van der Waals surface area contributed by atoms with Crippen LogP contribution >= 0.6 is 11.6 Å². The molecule has 1 aromatic carbocycles. The summed E-state index contributed by atoms with van der Waals surface area (Å²) in [5.74, 6) is 0.833. The molecule has 0 aliphatic rings. The molecule has 0 saturated carbocycles. The van der Waals surface area contributed by atoms with Crippen LogP contribution in [-0.2, 0) is 0 Å². The van der Waals surface area contributed by atoms with Crippen molar-refractivity contribution in [1.82, 2.24) is 0 Å². The summed E-state index contributed by atoms with van der Waals surface area (Å²) in [5, 5.41) is 0.209. The normalized spacial score (nSPS) is 10.4. The molecule has 2 rings (SSSR count). The maximum atomic E-state index is 12.2. The van der Waals surface area contributed by atoms with Crippen molar-refractivity contribution in [3.63, 3.8) is 0 Å². The van der Waals surface area contributed by atoms with Gasteiger partial charge in [-0.25, -0.2) is 0 Å². The summed E-state index contributed by atoms with van der Waals surface area (Å²) >= 11 is 5.67. The van der Waals surface area contributed by atoms with Gasteiger partial charge in [0.2, 0.25) is 5.78 Å². The largest absolute Gasteiger partial charge is 0.496 e. The number of furan rings is 1. The number of ether oxygens (including phenoxy) is 1. The second-order valence-corrected chi connectivity index (χ2v) is 4.44. The van der Waals surface area contributed by atoms with Crippen molar-refractivity contribution in [2.45, 2.75) is 13.8 Å². The van der Waals surface area contributed by atoms with Gasteiger partial charge in [0.05, 0.1) is 7.11 Å². The summed E-state index contributed by atoms with van der Waals surface area (Å²) in [5.41, 5.74) is 2.35. The second-order valence-electron chi connectivity index (χ2n) is 4.07. The molecule has 0 fully saturated rings. The lowest BCUT2D eigenvalue weighted by Crippen LogP contribution is -2.04. The molecule has 1 aromatic heterocycles. The van der Waals surface area contributed by atoms with Gasteiger partial charge < -0.3 is 9.15 Å². The number of hydrogen-bond acceptors (Lipinski definition) is 3. The first-order chi connectivity index (χ1) is 8.52. The zero-order valence-corrected chi connectivity index (χ0v) is 11.2. The summed E-state index contributed by atoms with van der Waals surface area (Å²) in [7, 11) is 1.61. The van der Waals surface area contributed by atoms with Crippen LogP contribution in [0, 0.1) is 13.8 Å². The number of methoxy groups -OCH3 is 1. The fourth-order valence-corrected chi connectivity index (χ4v) is 1.97. The third-order valence-electron chi connectivity index (χ3n) is 2.78. The van der Waals surface area contributed by atoms with Gasteiger partial charge in [0.25, 0.3) is 0 Å². The number of hydrogen-bond donors (Lipinski definition) is 0. The molecule has 94 valence electrons. The molecule has 0 radical (unpaired) electrons.